The van der Waals surface area contributed by atoms with Gasteiger partial charge in [-0.15, -0.1) is 0 Å². The average molecular weight is 261 g/mol. The first-order valence-electron chi connectivity index (χ1n) is 6.99. The molecule has 1 aromatic rings. The van der Waals surface area contributed by atoms with Crippen LogP contribution in [0.4, 0.5) is 0 Å². The van der Waals surface area contributed by atoms with Crippen molar-refractivity contribution < 1.29 is 9.90 Å². The highest BCUT2D eigenvalue weighted by molar-refractivity contribution is 5.75. The summed E-state index contributed by atoms with van der Waals surface area (Å²) in [7, 11) is 0. The highest BCUT2D eigenvalue weighted by Gasteiger charge is 2.44. The lowest BCUT2D eigenvalue weighted by atomic mass is 9.63. The molecule has 1 saturated carbocycles. The molecule has 1 aliphatic rings. The SMILES string of the molecule is Cc1cccc(CC2(C(=O)O)CCC(C)(C)CC2)n1. The van der Waals surface area contributed by atoms with Gasteiger partial charge in [-0.1, -0.05) is 19.9 Å². The van der Waals surface area contributed by atoms with E-state index in [4.69, 9.17) is 0 Å². The molecule has 104 valence electrons. The van der Waals surface area contributed by atoms with Crippen molar-refractivity contribution in [3.63, 3.8) is 0 Å². The normalized spacial score (nSPS) is 21.0. The largest absolute Gasteiger partial charge is 0.481 e. The molecule has 1 heterocycles. The van der Waals surface area contributed by atoms with Crippen LogP contribution in [0.1, 0.15) is 50.9 Å². The van der Waals surface area contributed by atoms with E-state index in [2.05, 4.69) is 18.8 Å². The van der Waals surface area contributed by atoms with Crippen LogP contribution in [0.3, 0.4) is 0 Å². The topological polar surface area (TPSA) is 50.2 Å². The van der Waals surface area contributed by atoms with Crippen molar-refractivity contribution in [2.24, 2.45) is 10.8 Å². The van der Waals surface area contributed by atoms with Gasteiger partial charge in [0.05, 0.1) is 5.41 Å². The molecule has 0 aliphatic heterocycles. The number of rotatable bonds is 3. The maximum Gasteiger partial charge on any atom is 0.310 e. The zero-order valence-electron chi connectivity index (χ0n) is 12.1. The van der Waals surface area contributed by atoms with E-state index in [-0.39, 0.29) is 5.41 Å². The molecular formula is C16H23NO2. The summed E-state index contributed by atoms with van der Waals surface area (Å²) in [6.45, 7) is 6.40. The van der Waals surface area contributed by atoms with Crippen molar-refractivity contribution in [3.05, 3.63) is 29.6 Å². The van der Waals surface area contributed by atoms with Crippen molar-refractivity contribution in [1.82, 2.24) is 4.98 Å². The fraction of sp³-hybridized carbons (Fsp3) is 0.625. The highest BCUT2D eigenvalue weighted by atomic mass is 16.4. The van der Waals surface area contributed by atoms with E-state index in [0.717, 1.165) is 37.1 Å². The Hall–Kier alpha value is -1.38. The molecule has 0 bridgehead atoms. The van der Waals surface area contributed by atoms with E-state index >= 15 is 0 Å². The zero-order valence-corrected chi connectivity index (χ0v) is 12.1. The van der Waals surface area contributed by atoms with Gasteiger partial charge in [0.15, 0.2) is 0 Å². The second kappa shape index (κ2) is 4.95. The second-order valence-corrected chi connectivity index (χ2v) is 6.70. The molecule has 0 spiro atoms. The summed E-state index contributed by atoms with van der Waals surface area (Å²) >= 11 is 0. The summed E-state index contributed by atoms with van der Waals surface area (Å²) in [4.78, 5) is 16.2. The number of carboxylic acids is 1. The van der Waals surface area contributed by atoms with E-state index in [1.54, 1.807) is 0 Å². The summed E-state index contributed by atoms with van der Waals surface area (Å²) < 4.78 is 0. The van der Waals surface area contributed by atoms with Crippen molar-refractivity contribution in [1.29, 1.82) is 0 Å². The lowest BCUT2D eigenvalue weighted by Crippen LogP contribution is -2.39. The lowest BCUT2D eigenvalue weighted by Gasteiger charge is -2.40. The molecule has 19 heavy (non-hydrogen) atoms. The molecule has 0 unspecified atom stereocenters. The molecular weight excluding hydrogens is 238 g/mol. The van der Waals surface area contributed by atoms with E-state index in [1.807, 2.05) is 25.1 Å². The fourth-order valence-electron chi connectivity index (χ4n) is 2.92. The monoisotopic (exact) mass is 261 g/mol. The minimum Gasteiger partial charge on any atom is -0.481 e. The highest BCUT2D eigenvalue weighted by Crippen LogP contribution is 2.46. The number of aromatic nitrogens is 1. The van der Waals surface area contributed by atoms with Crippen LogP contribution < -0.4 is 0 Å². The Labute approximate surface area is 115 Å². The van der Waals surface area contributed by atoms with E-state index in [1.165, 1.54) is 0 Å². The number of aryl methyl sites for hydroxylation is 1. The quantitative estimate of drug-likeness (QED) is 0.904. The summed E-state index contributed by atoms with van der Waals surface area (Å²) in [5.41, 5.74) is 1.52. The molecule has 1 aliphatic carbocycles. The molecule has 1 N–H and O–H groups in total. The average Bonchev–Trinajstić information content (AvgIpc) is 2.32. The van der Waals surface area contributed by atoms with Crippen LogP contribution in [0, 0.1) is 17.8 Å². The first-order valence-corrected chi connectivity index (χ1v) is 6.99. The minimum atomic E-state index is -0.661. The molecule has 0 amide bonds. The Morgan fingerprint density at radius 2 is 1.89 bits per heavy atom. The van der Waals surface area contributed by atoms with Crippen LogP contribution in [-0.4, -0.2) is 16.1 Å². The van der Waals surface area contributed by atoms with Crippen molar-refractivity contribution in [2.45, 2.75) is 52.9 Å². The molecule has 0 aromatic carbocycles. The zero-order chi connectivity index (χ0) is 14.1. The van der Waals surface area contributed by atoms with Gasteiger partial charge in [-0.3, -0.25) is 9.78 Å². The summed E-state index contributed by atoms with van der Waals surface area (Å²) in [5.74, 6) is -0.661. The van der Waals surface area contributed by atoms with Crippen molar-refractivity contribution in [3.8, 4) is 0 Å². The molecule has 2 rings (SSSR count). The van der Waals surface area contributed by atoms with Gasteiger partial charge in [-0.25, -0.2) is 0 Å². The maximum absolute atomic E-state index is 11.7. The Kier molecular flexibility index (Phi) is 3.66. The minimum absolute atomic E-state index is 0.277. The van der Waals surface area contributed by atoms with E-state index in [9.17, 15) is 9.90 Å². The van der Waals surface area contributed by atoms with Crippen molar-refractivity contribution in [2.75, 3.05) is 0 Å². The Bertz CT molecular complexity index is 469. The van der Waals surface area contributed by atoms with Crippen LogP contribution in [-0.2, 0) is 11.2 Å². The summed E-state index contributed by atoms with van der Waals surface area (Å²) in [6, 6.07) is 5.85. The molecule has 0 saturated heterocycles. The Morgan fingerprint density at radius 1 is 1.26 bits per heavy atom. The number of nitrogens with zero attached hydrogens (tertiary/aromatic N) is 1. The van der Waals surface area contributed by atoms with Crippen LogP contribution >= 0.6 is 0 Å². The van der Waals surface area contributed by atoms with Crippen molar-refractivity contribution >= 4 is 5.97 Å². The van der Waals surface area contributed by atoms with Crippen LogP contribution in [0.25, 0.3) is 0 Å². The van der Waals surface area contributed by atoms with Gasteiger partial charge < -0.3 is 5.11 Å². The van der Waals surface area contributed by atoms with Gasteiger partial charge in [-0.2, -0.15) is 0 Å². The number of carboxylic acid groups (broad SMARTS) is 1. The third kappa shape index (κ3) is 3.14. The second-order valence-electron chi connectivity index (χ2n) is 6.70. The molecule has 0 atom stereocenters. The van der Waals surface area contributed by atoms with Crippen LogP contribution in [0.15, 0.2) is 18.2 Å². The number of pyridine rings is 1. The molecule has 1 fully saturated rings. The molecule has 1 aromatic heterocycles. The fourth-order valence-corrected chi connectivity index (χ4v) is 2.92. The standard InChI is InChI=1S/C16H23NO2/c1-12-5-4-6-13(17-12)11-16(14(18)19)9-7-15(2,3)8-10-16/h4-6H,7-11H2,1-3H3,(H,18,19). The summed E-state index contributed by atoms with van der Waals surface area (Å²) in [6.07, 6.45) is 4.02. The predicted octanol–water partition coefficient (Wildman–Crippen LogP) is 3.60. The number of hydrogen-bond donors (Lipinski definition) is 1. The van der Waals surface area contributed by atoms with Gasteiger partial charge in [0.25, 0.3) is 0 Å². The van der Waals surface area contributed by atoms with Crippen LogP contribution in [0.2, 0.25) is 0 Å². The maximum atomic E-state index is 11.7. The van der Waals surface area contributed by atoms with E-state index < -0.39 is 11.4 Å². The van der Waals surface area contributed by atoms with Gasteiger partial charge in [0.1, 0.15) is 0 Å². The van der Waals surface area contributed by atoms with E-state index in [0.29, 0.717) is 6.42 Å². The third-order valence-electron chi connectivity index (χ3n) is 4.48. The smallest absolute Gasteiger partial charge is 0.310 e. The molecule has 0 radical (unpaired) electrons. The van der Waals surface area contributed by atoms with Gasteiger partial charge in [0, 0.05) is 17.8 Å². The number of carbonyl (C=O) groups is 1. The first-order chi connectivity index (χ1) is 8.83. The molecule has 3 nitrogen and oxygen atoms in total. The van der Waals surface area contributed by atoms with Gasteiger partial charge >= 0.3 is 5.97 Å². The first kappa shape index (κ1) is 14.0. The third-order valence-corrected chi connectivity index (χ3v) is 4.48. The molecule has 3 heteroatoms. The van der Waals surface area contributed by atoms with Gasteiger partial charge in [0.2, 0.25) is 0 Å². The number of hydrogen-bond acceptors (Lipinski definition) is 2. The lowest BCUT2D eigenvalue weighted by molar-refractivity contribution is -0.152. The Morgan fingerprint density at radius 3 is 2.42 bits per heavy atom. The summed E-state index contributed by atoms with van der Waals surface area (Å²) in [5, 5.41) is 9.66. The Balaban J connectivity index is 2.20. The number of aliphatic carboxylic acids is 1. The van der Waals surface area contributed by atoms with Gasteiger partial charge in [-0.05, 0) is 50.2 Å². The predicted molar refractivity (Wildman–Crippen MR) is 75.0 cm³/mol. The van der Waals surface area contributed by atoms with Crippen LogP contribution in [0.5, 0.6) is 0 Å².